The zero-order valence-corrected chi connectivity index (χ0v) is 16.9. The topological polar surface area (TPSA) is 26.3 Å². The fraction of sp³-hybridized carbons (Fsp3) is 0.542. The zero-order chi connectivity index (χ0) is 19.2. The predicted octanol–water partition coefficient (Wildman–Crippen LogP) is 7.28. The van der Waals surface area contributed by atoms with Gasteiger partial charge in [0.05, 0.1) is 6.26 Å². The van der Waals surface area contributed by atoms with Crippen molar-refractivity contribution in [1.29, 1.82) is 0 Å². The first-order chi connectivity index (χ1) is 12.5. The number of ether oxygens (including phenoxy) is 1. The Morgan fingerprint density at radius 1 is 1.04 bits per heavy atom. The molecule has 2 nitrogen and oxygen atoms in total. The van der Waals surface area contributed by atoms with Crippen LogP contribution in [0.2, 0.25) is 0 Å². The summed E-state index contributed by atoms with van der Waals surface area (Å²) in [6.07, 6.45) is 14.1. The number of esters is 1. The third-order valence-corrected chi connectivity index (χ3v) is 4.71. The van der Waals surface area contributed by atoms with E-state index < -0.39 is 0 Å². The largest absolute Gasteiger partial charge is 0.435 e. The number of carbonyl (C=O) groups is 1. The first kappa shape index (κ1) is 22.2. The van der Waals surface area contributed by atoms with Crippen molar-refractivity contribution in [3.63, 3.8) is 0 Å². The molecule has 0 N–H and O–H groups in total. The molecule has 0 spiro atoms. The molecule has 0 aliphatic rings. The van der Waals surface area contributed by atoms with Gasteiger partial charge in [-0.25, -0.2) is 0 Å². The van der Waals surface area contributed by atoms with E-state index in [2.05, 4.69) is 51.6 Å². The van der Waals surface area contributed by atoms with Crippen molar-refractivity contribution < 1.29 is 9.53 Å². The number of hydrogen-bond donors (Lipinski definition) is 0. The molecular formula is C24H36O2. The van der Waals surface area contributed by atoms with Gasteiger partial charge in [-0.15, -0.1) is 6.58 Å². The van der Waals surface area contributed by atoms with Gasteiger partial charge in [0.25, 0.3) is 0 Å². The molecule has 144 valence electrons. The molecule has 0 amide bonds. The average molecular weight is 357 g/mol. The van der Waals surface area contributed by atoms with Crippen molar-refractivity contribution in [3.05, 3.63) is 60.4 Å². The Kier molecular flexibility index (Phi) is 11.4. The van der Waals surface area contributed by atoms with Crippen LogP contribution < -0.4 is 0 Å². The Balaban J connectivity index is 2.21. The normalized spacial score (nSPS) is 12.5. The second-order valence-electron chi connectivity index (χ2n) is 7.38. The first-order valence-corrected chi connectivity index (χ1v) is 10.1. The van der Waals surface area contributed by atoms with Crippen LogP contribution in [0, 0.1) is 0 Å². The molecule has 0 aliphatic heterocycles. The third kappa shape index (κ3) is 9.60. The minimum absolute atomic E-state index is 0.129. The Hall–Kier alpha value is -1.83. The molecule has 1 aromatic rings. The minimum atomic E-state index is -0.129. The van der Waals surface area contributed by atoms with Gasteiger partial charge in [-0.1, -0.05) is 76.8 Å². The van der Waals surface area contributed by atoms with Crippen molar-refractivity contribution in [3.8, 4) is 0 Å². The van der Waals surface area contributed by atoms with E-state index >= 15 is 0 Å². The number of allylic oxidation sites excluding steroid dienone is 2. The molecule has 1 aromatic carbocycles. The summed E-state index contributed by atoms with van der Waals surface area (Å²) in [6, 6.07) is 8.61. The van der Waals surface area contributed by atoms with Gasteiger partial charge in [0.15, 0.2) is 0 Å². The standard InChI is InChI=1S/C24H36O2/c1-5-6-7-8-9-10-11-12-16-24(25)26-18-17-21(4)23-15-13-14-22(19-23)20(2)3/h5,13-15,17-21H,1,6-12,16H2,2-4H3. The molecule has 1 rings (SSSR count). The summed E-state index contributed by atoms with van der Waals surface area (Å²) < 4.78 is 5.24. The molecule has 0 aromatic heterocycles. The molecule has 0 bridgehead atoms. The van der Waals surface area contributed by atoms with Crippen LogP contribution in [-0.4, -0.2) is 5.97 Å². The summed E-state index contributed by atoms with van der Waals surface area (Å²) in [7, 11) is 0. The first-order valence-electron chi connectivity index (χ1n) is 10.1. The maximum absolute atomic E-state index is 11.8. The lowest BCUT2D eigenvalue weighted by molar-refractivity contribution is -0.138. The highest BCUT2D eigenvalue weighted by Crippen LogP contribution is 2.22. The van der Waals surface area contributed by atoms with Crippen LogP contribution in [0.4, 0.5) is 0 Å². The van der Waals surface area contributed by atoms with Crippen molar-refractivity contribution in [2.24, 2.45) is 0 Å². The number of unbranched alkanes of at least 4 members (excludes halogenated alkanes) is 6. The van der Waals surface area contributed by atoms with Crippen molar-refractivity contribution >= 4 is 5.97 Å². The Bertz CT molecular complexity index is 557. The van der Waals surface area contributed by atoms with Gasteiger partial charge in [0, 0.05) is 12.3 Å². The average Bonchev–Trinajstić information content (AvgIpc) is 2.64. The minimum Gasteiger partial charge on any atom is -0.435 e. The SMILES string of the molecule is C=CCCCCCCCCC(=O)OC=CC(C)c1cccc(C(C)C)c1. The van der Waals surface area contributed by atoms with Crippen LogP contribution in [0.15, 0.2) is 49.3 Å². The quantitative estimate of drug-likeness (QED) is 0.161. The van der Waals surface area contributed by atoms with Gasteiger partial charge in [-0.2, -0.15) is 0 Å². The van der Waals surface area contributed by atoms with Gasteiger partial charge in [0.2, 0.25) is 0 Å². The second-order valence-corrected chi connectivity index (χ2v) is 7.38. The highest BCUT2D eigenvalue weighted by atomic mass is 16.5. The summed E-state index contributed by atoms with van der Waals surface area (Å²) in [5, 5.41) is 0. The highest BCUT2D eigenvalue weighted by molar-refractivity contribution is 5.69. The Morgan fingerprint density at radius 3 is 2.38 bits per heavy atom. The highest BCUT2D eigenvalue weighted by Gasteiger charge is 2.06. The van der Waals surface area contributed by atoms with Crippen LogP contribution >= 0.6 is 0 Å². The second kappa shape index (κ2) is 13.4. The molecule has 0 heterocycles. The van der Waals surface area contributed by atoms with E-state index in [1.165, 1.54) is 36.8 Å². The van der Waals surface area contributed by atoms with Gasteiger partial charge >= 0.3 is 5.97 Å². The van der Waals surface area contributed by atoms with E-state index in [4.69, 9.17) is 4.74 Å². The Labute approximate surface area is 160 Å². The Morgan fingerprint density at radius 2 is 1.69 bits per heavy atom. The van der Waals surface area contributed by atoms with E-state index in [1.54, 1.807) is 6.26 Å². The zero-order valence-electron chi connectivity index (χ0n) is 16.9. The molecule has 0 saturated heterocycles. The van der Waals surface area contributed by atoms with Crippen molar-refractivity contribution in [2.45, 2.75) is 84.0 Å². The fourth-order valence-corrected chi connectivity index (χ4v) is 2.87. The van der Waals surface area contributed by atoms with Gasteiger partial charge in [-0.3, -0.25) is 4.79 Å². The summed E-state index contributed by atoms with van der Waals surface area (Å²) >= 11 is 0. The van der Waals surface area contributed by atoms with Crippen LogP contribution in [0.5, 0.6) is 0 Å². The van der Waals surface area contributed by atoms with E-state index in [9.17, 15) is 4.79 Å². The summed E-state index contributed by atoms with van der Waals surface area (Å²) in [4.78, 5) is 11.8. The molecule has 0 saturated carbocycles. The lowest BCUT2D eigenvalue weighted by atomic mass is 9.95. The lowest BCUT2D eigenvalue weighted by Crippen LogP contribution is -2.00. The maximum atomic E-state index is 11.8. The van der Waals surface area contributed by atoms with E-state index in [1.807, 2.05) is 12.2 Å². The molecular weight excluding hydrogens is 320 g/mol. The molecule has 1 unspecified atom stereocenters. The number of benzene rings is 1. The van der Waals surface area contributed by atoms with Crippen LogP contribution in [0.3, 0.4) is 0 Å². The molecule has 0 radical (unpaired) electrons. The number of hydrogen-bond acceptors (Lipinski definition) is 2. The summed E-state index contributed by atoms with van der Waals surface area (Å²) in [5.41, 5.74) is 2.59. The van der Waals surface area contributed by atoms with Gasteiger partial charge < -0.3 is 4.74 Å². The van der Waals surface area contributed by atoms with Gasteiger partial charge in [-0.05, 0) is 42.4 Å². The summed E-state index contributed by atoms with van der Waals surface area (Å²) in [5.74, 6) is 0.624. The predicted molar refractivity (Wildman–Crippen MR) is 111 cm³/mol. The number of rotatable bonds is 13. The monoisotopic (exact) mass is 356 g/mol. The number of carbonyl (C=O) groups excluding carboxylic acids is 1. The van der Waals surface area contributed by atoms with E-state index in [0.717, 1.165) is 19.3 Å². The van der Waals surface area contributed by atoms with Gasteiger partial charge in [0.1, 0.15) is 0 Å². The van der Waals surface area contributed by atoms with Crippen molar-refractivity contribution in [2.75, 3.05) is 0 Å². The lowest BCUT2D eigenvalue weighted by Gasteiger charge is -2.11. The molecule has 0 aliphatic carbocycles. The van der Waals surface area contributed by atoms with E-state index in [0.29, 0.717) is 12.3 Å². The maximum Gasteiger partial charge on any atom is 0.310 e. The van der Waals surface area contributed by atoms with Crippen molar-refractivity contribution in [1.82, 2.24) is 0 Å². The van der Waals surface area contributed by atoms with Crippen LogP contribution in [0.25, 0.3) is 0 Å². The molecule has 0 fully saturated rings. The summed E-state index contributed by atoms with van der Waals surface area (Å²) in [6.45, 7) is 10.2. The van der Waals surface area contributed by atoms with E-state index in [-0.39, 0.29) is 11.9 Å². The van der Waals surface area contributed by atoms with Crippen LogP contribution in [0.1, 0.15) is 95.1 Å². The third-order valence-electron chi connectivity index (χ3n) is 4.71. The molecule has 2 heteroatoms. The van der Waals surface area contributed by atoms with Crippen LogP contribution in [-0.2, 0) is 9.53 Å². The molecule has 26 heavy (non-hydrogen) atoms. The smallest absolute Gasteiger partial charge is 0.310 e. The fourth-order valence-electron chi connectivity index (χ4n) is 2.87. The molecule has 1 atom stereocenters.